The third-order valence-corrected chi connectivity index (χ3v) is 5.38. The maximum atomic E-state index is 6.26. The van der Waals surface area contributed by atoms with Crippen LogP contribution >= 0.6 is 34.5 Å². The van der Waals surface area contributed by atoms with Crippen LogP contribution in [0.2, 0.25) is 8.67 Å². The van der Waals surface area contributed by atoms with Gasteiger partial charge in [0, 0.05) is 11.6 Å². The van der Waals surface area contributed by atoms with Crippen molar-refractivity contribution in [3.8, 4) is 0 Å². The minimum Gasteiger partial charge on any atom is -0.313 e. The molecule has 0 radical (unpaired) electrons. The van der Waals surface area contributed by atoms with Crippen LogP contribution < -0.4 is 5.32 Å². The average molecular weight is 292 g/mol. The molecular formula is C13H19Cl2NS. The molecule has 1 aromatic heterocycles. The van der Waals surface area contributed by atoms with Gasteiger partial charge in [-0.15, -0.1) is 11.3 Å². The van der Waals surface area contributed by atoms with Crippen molar-refractivity contribution in [2.75, 3.05) is 7.05 Å². The van der Waals surface area contributed by atoms with Gasteiger partial charge in [0.25, 0.3) is 0 Å². The van der Waals surface area contributed by atoms with Gasteiger partial charge in [0.05, 0.1) is 8.67 Å². The van der Waals surface area contributed by atoms with Gasteiger partial charge in [-0.3, -0.25) is 0 Å². The molecular weight excluding hydrogens is 273 g/mol. The molecule has 1 aromatic rings. The van der Waals surface area contributed by atoms with E-state index in [1.54, 1.807) is 0 Å². The van der Waals surface area contributed by atoms with E-state index in [4.69, 9.17) is 23.2 Å². The Kier molecular flexibility index (Phi) is 4.76. The first-order valence-corrected chi connectivity index (χ1v) is 7.81. The fraction of sp³-hybridized carbons (Fsp3) is 0.692. The maximum absolute atomic E-state index is 6.26. The van der Waals surface area contributed by atoms with Gasteiger partial charge in [-0.2, -0.15) is 0 Å². The summed E-state index contributed by atoms with van der Waals surface area (Å²) in [5.74, 6) is 1.57. The quantitative estimate of drug-likeness (QED) is 0.813. The van der Waals surface area contributed by atoms with Crippen LogP contribution in [0, 0.1) is 11.8 Å². The summed E-state index contributed by atoms with van der Waals surface area (Å²) in [4.78, 5) is 0. The van der Waals surface area contributed by atoms with Gasteiger partial charge in [-0.25, -0.2) is 0 Å². The van der Waals surface area contributed by atoms with Crippen LogP contribution in [-0.2, 0) is 0 Å². The highest BCUT2D eigenvalue weighted by molar-refractivity contribution is 7.20. The van der Waals surface area contributed by atoms with Crippen molar-refractivity contribution in [2.24, 2.45) is 11.8 Å². The summed E-state index contributed by atoms with van der Waals surface area (Å²) < 4.78 is 1.63. The van der Waals surface area contributed by atoms with E-state index in [0.29, 0.717) is 12.0 Å². The summed E-state index contributed by atoms with van der Waals surface area (Å²) in [7, 11) is 2.02. The Morgan fingerprint density at radius 1 is 1.29 bits per heavy atom. The Labute approximate surface area is 118 Å². The molecule has 1 aliphatic carbocycles. The summed E-state index contributed by atoms with van der Waals surface area (Å²) in [6.45, 7) is 2.35. The zero-order valence-corrected chi connectivity index (χ0v) is 12.6. The Morgan fingerprint density at radius 2 is 1.94 bits per heavy atom. The molecule has 1 N–H and O–H groups in total. The van der Waals surface area contributed by atoms with Gasteiger partial charge in [-0.05, 0) is 37.8 Å². The van der Waals surface area contributed by atoms with Crippen LogP contribution in [0.4, 0.5) is 0 Å². The SMILES string of the molecule is CNC(c1cc(Cl)sc1Cl)C1CCC(C)CC1. The van der Waals surface area contributed by atoms with E-state index in [-0.39, 0.29) is 0 Å². The molecule has 1 nitrogen and oxygen atoms in total. The van der Waals surface area contributed by atoms with E-state index in [1.165, 1.54) is 42.6 Å². The molecule has 1 unspecified atom stereocenters. The number of rotatable bonds is 3. The van der Waals surface area contributed by atoms with Gasteiger partial charge in [-0.1, -0.05) is 43.0 Å². The van der Waals surface area contributed by atoms with Crippen LogP contribution in [0.3, 0.4) is 0 Å². The summed E-state index contributed by atoms with van der Waals surface area (Å²) in [6.07, 6.45) is 5.24. The van der Waals surface area contributed by atoms with Crippen LogP contribution in [0.15, 0.2) is 6.07 Å². The first kappa shape index (κ1) is 13.7. The third-order valence-electron chi connectivity index (χ3n) is 3.86. The Bertz CT molecular complexity index is 369. The zero-order valence-electron chi connectivity index (χ0n) is 10.3. The summed E-state index contributed by atoms with van der Waals surface area (Å²) in [5, 5.41) is 3.42. The van der Waals surface area contributed by atoms with Crippen LogP contribution in [0.5, 0.6) is 0 Å². The minimum atomic E-state index is 0.360. The van der Waals surface area contributed by atoms with E-state index in [2.05, 4.69) is 12.2 Å². The molecule has 0 spiro atoms. The number of hydrogen-bond acceptors (Lipinski definition) is 2. The van der Waals surface area contributed by atoms with E-state index >= 15 is 0 Å². The Morgan fingerprint density at radius 3 is 2.41 bits per heavy atom. The fourth-order valence-electron chi connectivity index (χ4n) is 2.83. The lowest BCUT2D eigenvalue weighted by Gasteiger charge is -2.32. The first-order valence-electron chi connectivity index (χ1n) is 6.23. The zero-order chi connectivity index (χ0) is 12.4. The van der Waals surface area contributed by atoms with Gasteiger partial charge >= 0.3 is 0 Å². The molecule has 0 aliphatic heterocycles. The van der Waals surface area contributed by atoms with Crippen molar-refractivity contribution >= 4 is 34.5 Å². The van der Waals surface area contributed by atoms with Crippen molar-refractivity contribution in [2.45, 2.75) is 38.6 Å². The Balaban J connectivity index is 2.13. The number of hydrogen-bond donors (Lipinski definition) is 1. The van der Waals surface area contributed by atoms with E-state index in [1.807, 2.05) is 13.1 Å². The normalized spacial score (nSPS) is 27.1. The van der Waals surface area contributed by atoms with Gasteiger partial charge < -0.3 is 5.32 Å². The molecule has 0 aromatic carbocycles. The molecule has 0 bridgehead atoms. The lowest BCUT2D eigenvalue weighted by atomic mass is 9.78. The smallest absolute Gasteiger partial charge is 0.0992 e. The summed E-state index contributed by atoms with van der Waals surface area (Å²) >= 11 is 13.8. The lowest BCUT2D eigenvalue weighted by molar-refractivity contribution is 0.238. The molecule has 1 atom stereocenters. The summed E-state index contributed by atoms with van der Waals surface area (Å²) in [5.41, 5.74) is 1.18. The molecule has 1 fully saturated rings. The molecule has 1 aliphatic rings. The fourth-order valence-corrected chi connectivity index (χ4v) is 4.38. The average Bonchev–Trinajstić information content (AvgIpc) is 2.62. The molecule has 1 saturated carbocycles. The second-order valence-electron chi connectivity index (χ2n) is 5.07. The first-order chi connectivity index (χ1) is 8.11. The third kappa shape index (κ3) is 3.17. The van der Waals surface area contributed by atoms with Crippen molar-refractivity contribution in [1.82, 2.24) is 5.32 Å². The Hall–Kier alpha value is 0.240. The maximum Gasteiger partial charge on any atom is 0.0992 e. The van der Waals surface area contributed by atoms with E-state index in [9.17, 15) is 0 Å². The second-order valence-corrected chi connectivity index (χ2v) is 7.35. The van der Waals surface area contributed by atoms with Crippen molar-refractivity contribution in [3.63, 3.8) is 0 Å². The van der Waals surface area contributed by atoms with Crippen molar-refractivity contribution < 1.29 is 0 Å². The predicted molar refractivity (Wildman–Crippen MR) is 77.3 cm³/mol. The number of halogens is 2. The highest BCUT2D eigenvalue weighted by Crippen LogP contribution is 2.42. The van der Waals surface area contributed by atoms with Crippen LogP contribution in [-0.4, -0.2) is 7.05 Å². The highest BCUT2D eigenvalue weighted by Gasteiger charge is 2.28. The van der Waals surface area contributed by atoms with Gasteiger partial charge in [0.2, 0.25) is 0 Å². The molecule has 4 heteroatoms. The van der Waals surface area contributed by atoms with Crippen molar-refractivity contribution in [3.05, 3.63) is 20.3 Å². The molecule has 0 amide bonds. The predicted octanol–water partition coefficient (Wildman–Crippen LogP) is 5.14. The topological polar surface area (TPSA) is 12.0 Å². The van der Waals surface area contributed by atoms with Crippen LogP contribution in [0.1, 0.15) is 44.2 Å². The molecule has 2 rings (SSSR count). The standard InChI is InChI=1S/C13H19Cl2NS/c1-8-3-5-9(6-4-8)12(16-2)10-7-11(14)17-13(10)15/h7-9,12,16H,3-6H2,1-2H3. The number of thiophene rings is 1. The van der Waals surface area contributed by atoms with Gasteiger partial charge in [0.15, 0.2) is 0 Å². The molecule has 0 saturated heterocycles. The van der Waals surface area contributed by atoms with Crippen molar-refractivity contribution in [1.29, 1.82) is 0 Å². The lowest BCUT2D eigenvalue weighted by Crippen LogP contribution is -2.28. The van der Waals surface area contributed by atoms with Gasteiger partial charge in [0.1, 0.15) is 0 Å². The second kappa shape index (κ2) is 5.92. The molecule has 17 heavy (non-hydrogen) atoms. The van der Waals surface area contributed by atoms with Crippen LogP contribution in [0.25, 0.3) is 0 Å². The van der Waals surface area contributed by atoms with E-state index < -0.39 is 0 Å². The number of nitrogens with one attached hydrogen (secondary N) is 1. The monoisotopic (exact) mass is 291 g/mol. The molecule has 1 heterocycles. The largest absolute Gasteiger partial charge is 0.313 e. The minimum absolute atomic E-state index is 0.360. The molecule has 96 valence electrons. The van der Waals surface area contributed by atoms with E-state index in [0.717, 1.165) is 14.6 Å². The highest BCUT2D eigenvalue weighted by atomic mass is 35.5. The summed E-state index contributed by atoms with van der Waals surface area (Å²) in [6, 6.07) is 2.38.